The minimum atomic E-state index is -2.09. The molecule has 0 fully saturated rings. The van der Waals surface area contributed by atoms with E-state index in [1.807, 2.05) is 41.8 Å². The maximum absolute atomic E-state index is 7.23. The standard InChI is InChI=1S/C21H20NSSi.C12H10N.Ir/c1-14-11-12-17(22-13-14)15-7-5-8-16-20-18(23-21(15)16)9-6-10-19(20)24(2,3)4;1-10-7-8-12(13-9-10)11-5-3-2-4-6-11;/h5-6,8-13H,1-4H3;2-5,7-9H,1H3;/q2*-1;/i;1D3;. The zero-order valence-electron chi connectivity index (χ0n) is 24.8. The fraction of sp³-hybridized carbons (Fsp3) is 0.152. The first-order valence-corrected chi connectivity index (χ1v) is 16.6. The van der Waals surface area contributed by atoms with Gasteiger partial charge in [0.1, 0.15) is 0 Å². The van der Waals surface area contributed by atoms with Crippen molar-refractivity contribution in [3.05, 3.63) is 115 Å². The Hall–Kier alpha value is -2.95. The first kappa shape index (κ1) is 24.1. The SMILES string of the molecule is Cc1ccc(-c2[c-]ccc3c2sc2cccc([Si](C)(C)C)c23)nc1.[2H]C([2H])([2H])c1ccc(-c2[c-]cccc2)nc1.[Ir]. The van der Waals surface area contributed by atoms with Crippen molar-refractivity contribution in [3.8, 4) is 22.5 Å². The molecule has 5 heteroatoms. The summed E-state index contributed by atoms with van der Waals surface area (Å²) in [6.07, 6.45) is 3.33. The Bertz CT molecular complexity index is 1760. The molecule has 1 radical (unpaired) electrons. The minimum absolute atomic E-state index is 0. The summed E-state index contributed by atoms with van der Waals surface area (Å²) in [5, 5.41) is 4.34. The van der Waals surface area contributed by atoms with Crippen LogP contribution in [0.5, 0.6) is 0 Å². The molecule has 0 N–H and O–H groups in total. The molecule has 0 atom stereocenters. The van der Waals surface area contributed by atoms with Crippen molar-refractivity contribution in [1.82, 2.24) is 9.97 Å². The number of hydrogen-bond donors (Lipinski definition) is 0. The summed E-state index contributed by atoms with van der Waals surface area (Å²) in [6.45, 7) is 7.24. The Morgan fingerprint density at radius 2 is 1.55 bits per heavy atom. The average Bonchev–Trinajstić information content (AvgIpc) is 3.33. The van der Waals surface area contributed by atoms with Gasteiger partial charge in [0.25, 0.3) is 0 Å². The summed E-state index contributed by atoms with van der Waals surface area (Å²) in [4.78, 5) is 8.75. The quantitative estimate of drug-likeness (QED) is 0.136. The van der Waals surface area contributed by atoms with Gasteiger partial charge in [0.2, 0.25) is 0 Å². The topological polar surface area (TPSA) is 25.8 Å². The molecule has 3 aromatic heterocycles. The Labute approximate surface area is 248 Å². The van der Waals surface area contributed by atoms with Crippen LogP contribution >= 0.6 is 11.3 Å². The van der Waals surface area contributed by atoms with Gasteiger partial charge in [0.15, 0.2) is 0 Å². The van der Waals surface area contributed by atoms with Crippen LogP contribution < -0.4 is 5.19 Å². The Morgan fingerprint density at radius 3 is 2.21 bits per heavy atom. The molecule has 0 aliphatic heterocycles. The normalized spacial score (nSPS) is 12.6. The second-order valence-corrected chi connectivity index (χ2v) is 16.1. The van der Waals surface area contributed by atoms with E-state index in [1.54, 1.807) is 23.4 Å². The van der Waals surface area contributed by atoms with Crippen molar-refractivity contribution in [2.24, 2.45) is 0 Å². The fourth-order valence-electron chi connectivity index (χ4n) is 4.33. The molecule has 0 aliphatic carbocycles. The Balaban J connectivity index is 0.000000200. The third kappa shape index (κ3) is 6.03. The molecule has 193 valence electrons. The Kier molecular flexibility index (Phi) is 7.51. The van der Waals surface area contributed by atoms with Crippen LogP contribution in [0.3, 0.4) is 0 Å². The molecule has 6 aromatic rings. The van der Waals surface area contributed by atoms with Gasteiger partial charge in [-0.25, -0.2) is 0 Å². The number of fused-ring (bicyclic) bond motifs is 3. The predicted molar refractivity (Wildman–Crippen MR) is 162 cm³/mol. The van der Waals surface area contributed by atoms with E-state index in [2.05, 4.69) is 85.1 Å². The van der Waals surface area contributed by atoms with Gasteiger partial charge in [0, 0.05) is 41.3 Å². The first-order chi connectivity index (χ1) is 19.0. The number of pyridine rings is 2. The number of thiophene rings is 1. The van der Waals surface area contributed by atoms with E-state index in [4.69, 9.17) is 4.11 Å². The Morgan fingerprint density at radius 1 is 0.789 bits per heavy atom. The van der Waals surface area contributed by atoms with Crippen LogP contribution in [0.1, 0.15) is 15.2 Å². The van der Waals surface area contributed by atoms with Gasteiger partial charge in [0.05, 0.1) is 8.07 Å². The summed E-state index contributed by atoms with van der Waals surface area (Å²) in [5.74, 6) is 0. The van der Waals surface area contributed by atoms with Crippen molar-refractivity contribution in [2.45, 2.75) is 33.4 Å². The maximum Gasteiger partial charge on any atom is 0.0783 e. The molecule has 2 nitrogen and oxygen atoms in total. The number of aryl methyl sites for hydroxylation is 2. The van der Waals surface area contributed by atoms with Gasteiger partial charge < -0.3 is 9.97 Å². The summed E-state index contributed by atoms with van der Waals surface area (Å²) in [7, 11) is -1.40. The number of aromatic nitrogens is 2. The molecular formula is C33H30IrN2SSi-2. The molecular weight excluding hydrogens is 677 g/mol. The number of nitrogens with zero attached hydrogens (tertiary/aromatic N) is 2. The van der Waals surface area contributed by atoms with Crippen LogP contribution in [-0.2, 0) is 20.1 Å². The zero-order chi connectivity index (χ0) is 28.5. The summed E-state index contributed by atoms with van der Waals surface area (Å²) in [5.41, 5.74) is 5.16. The summed E-state index contributed by atoms with van der Waals surface area (Å²) >= 11 is 1.87. The van der Waals surface area contributed by atoms with E-state index in [1.165, 1.54) is 31.9 Å². The van der Waals surface area contributed by atoms with E-state index < -0.39 is 14.9 Å². The van der Waals surface area contributed by atoms with Gasteiger partial charge in [-0.2, -0.15) is 11.3 Å². The van der Waals surface area contributed by atoms with Crippen molar-refractivity contribution >= 4 is 44.8 Å². The van der Waals surface area contributed by atoms with E-state index in [9.17, 15) is 0 Å². The van der Waals surface area contributed by atoms with Crippen molar-refractivity contribution in [3.63, 3.8) is 0 Å². The first-order valence-electron chi connectivity index (χ1n) is 13.8. The van der Waals surface area contributed by atoms with Crippen molar-refractivity contribution in [2.75, 3.05) is 0 Å². The molecule has 0 saturated heterocycles. The molecule has 3 aromatic carbocycles. The van der Waals surface area contributed by atoms with Gasteiger partial charge in [-0.15, -0.1) is 59.7 Å². The molecule has 0 amide bonds. The smallest absolute Gasteiger partial charge is 0.0783 e. The maximum atomic E-state index is 7.23. The van der Waals surface area contributed by atoms with E-state index in [0.717, 1.165) is 22.5 Å². The average molecular weight is 710 g/mol. The van der Waals surface area contributed by atoms with Crippen LogP contribution in [-0.4, -0.2) is 18.0 Å². The second-order valence-electron chi connectivity index (χ2n) is 10.1. The number of hydrogen-bond acceptors (Lipinski definition) is 3. The van der Waals surface area contributed by atoms with Crippen LogP contribution in [0.2, 0.25) is 19.6 Å². The van der Waals surface area contributed by atoms with E-state index in [-0.39, 0.29) is 25.7 Å². The number of benzene rings is 3. The second kappa shape index (κ2) is 11.8. The molecule has 6 rings (SSSR count). The van der Waals surface area contributed by atoms with Gasteiger partial charge in [-0.3, -0.25) is 0 Å². The van der Waals surface area contributed by atoms with Crippen LogP contribution in [0.4, 0.5) is 0 Å². The van der Waals surface area contributed by atoms with Crippen LogP contribution in [0.25, 0.3) is 42.7 Å². The van der Waals surface area contributed by atoms with Gasteiger partial charge in [-0.05, 0) is 52.4 Å². The van der Waals surface area contributed by atoms with Crippen molar-refractivity contribution < 1.29 is 24.2 Å². The predicted octanol–water partition coefficient (Wildman–Crippen LogP) is 8.63. The third-order valence-electron chi connectivity index (χ3n) is 6.18. The van der Waals surface area contributed by atoms with E-state index >= 15 is 0 Å². The molecule has 0 spiro atoms. The molecule has 38 heavy (non-hydrogen) atoms. The van der Waals surface area contributed by atoms with Crippen molar-refractivity contribution in [1.29, 1.82) is 0 Å². The minimum Gasteiger partial charge on any atom is -0.304 e. The van der Waals surface area contributed by atoms with E-state index in [0.29, 0.717) is 0 Å². The fourth-order valence-corrected chi connectivity index (χ4v) is 7.27. The third-order valence-corrected chi connectivity index (χ3v) is 9.40. The van der Waals surface area contributed by atoms with Crippen LogP contribution in [0.15, 0.2) is 91.3 Å². The summed E-state index contributed by atoms with van der Waals surface area (Å²) in [6, 6.07) is 32.5. The van der Waals surface area contributed by atoms with Gasteiger partial charge in [-0.1, -0.05) is 66.6 Å². The van der Waals surface area contributed by atoms with Crippen LogP contribution in [0, 0.1) is 25.9 Å². The summed E-state index contributed by atoms with van der Waals surface area (Å²) < 4.78 is 24.4. The molecule has 3 heterocycles. The monoisotopic (exact) mass is 710 g/mol. The molecule has 0 bridgehead atoms. The zero-order valence-corrected chi connectivity index (χ0v) is 26.0. The molecule has 0 aliphatic rings. The van der Waals surface area contributed by atoms with Gasteiger partial charge >= 0.3 is 0 Å². The molecule has 0 unspecified atom stereocenters. The number of rotatable bonds is 3. The molecule has 0 saturated carbocycles. The largest absolute Gasteiger partial charge is 0.304 e.